The van der Waals surface area contributed by atoms with Crippen molar-refractivity contribution in [1.82, 2.24) is 0 Å². The first-order valence-corrected chi connectivity index (χ1v) is 7.83. The van der Waals surface area contributed by atoms with Crippen LogP contribution in [0.1, 0.15) is 30.9 Å². The van der Waals surface area contributed by atoms with Gasteiger partial charge in [-0.05, 0) is 48.2 Å². The Bertz CT molecular complexity index is 697. The van der Waals surface area contributed by atoms with Gasteiger partial charge in [-0.15, -0.1) is 0 Å². The van der Waals surface area contributed by atoms with E-state index in [1.807, 2.05) is 31.2 Å². The Morgan fingerprint density at radius 2 is 1.91 bits per heavy atom. The maximum absolute atomic E-state index is 12.0. The minimum absolute atomic E-state index is 0.0913. The number of anilines is 2. The van der Waals surface area contributed by atoms with Crippen LogP contribution >= 0.6 is 11.6 Å². The molecular weight excluding hydrogens is 312 g/mol. The molecule has 0 heterocycles. The molecule has 0 aromatic heterocycles. The van der Waals surface area contributed by atoms with Crippen molar-refractivity contribution in [3.63, 3.8) is 0 Å². The second-order valence-electron chi connectivity index (χ2n) is 5.75. The lowest BCUT2D eigenvalue weighted by molar-refractivity contribution is -0.118. The van der Waals surface area contributed by atoms with E-state index in [1.165, 1.54) is 5.56 Å². The fourth-order valence-corrected chi connectivity index (χ4v) is 2.26. The van der Waals surface area contributed by atoms with Gasteiger partial charge in [-0.3, -0.25) is 4.79 Å². The van der Waals surface area contributed by atoms with Gasteiger partial charge in [-0.2, -0.15) is 0 Å². The molecule has 1 amide bonds. The lowest BCUT2D eigenvalue weighted by Crippen LogP contribution is -2.20. The van der Waals surface area contributed by atoms with E-state index in [-0.39, 0.29) is 12.5 Å². The van der Waals surface area contributed by atoms with Gasteiger partial charge in [0.1, 0.15) is 5.75 Å². The maximum Gasteiger partial charge on any atom is 0.262 e. The number of carbonyl (C=O) groups is 1. The number of halogens is 1. The Kier molecular flexibility index (Phi) is 5.50. The molecule has 122 valence electrons. The highest BCUT2D eigenvalue weighted by Gasteiger charge is 2.09. The Morgan fingerprint density at radius 3 is 2.52 bits per heavy atom. The SMILES string of the molecule is Cc1cc(N)c(NC(=O)COc2ccc(C(C)C)cc2)cc1Cl. The fourth-order valence-electron chi connectivity index (χ4n) is 2.10. The van der Waals surface area contributed by atoms with Crippen LogP contribution in [0, 0.1) is 6.92 Å². The summed E-state index contributed by atoms with van der Waals surface area (Å²) in [5.74, 6) is 0.825. The fraction of sp³-hybridized carbons (Fsp3) is 0.278. The molecule has 2 aromatic carbocycles. The van der Waals surface area contributed by atoms with E-state index in [2.05, 4.69) is 19.2 Å². The molecule has 0 aliphatic heterocycles. The van der Waals surface area contributed by atoms with Gasteiger partial charge in [-0.1, -0.05) is 37.6 Å². The number of nitrogens with one attached hydrogen (secondary N) is 1. The number of nitrogen functional groups attached to an aromatic ring is 1. The minimum atomic E-state index is -0.287. The smallest absolute Gasteiger partial charge is 0.262 e. The van der Waals surface area contributed by atoms with Crippen molar-refractivity contribution in [2.24, 2.45) is 0 Å². The van der Waals surface area contributed by atoms with Gasteiger partial charge in [0.15, 0.2) is 6.61 Å². The molecule has 23 heavy (non-hydrogen) atoms. The molecule has 0 aliphatic rings. The van der Waals surface area contributed by atoms with Crippen LogP contribution in [0.15, 0.2) is 36.4 Å². The summed E-state index contributed by atoms with van der Waals surface area (Å²) in [5.41, 5.74) is 8.93. The molecule has 2 rings (SSSR count). The van der Waals surface area contributed by atoms with Crippen LogP contribution in [-0.2, 0) is 4.79 Å². The van der Waals surface area contributed by atoms with Crippen LogP contribution in [0.3, 0.4) is 0 Å². The first kappa shape index (κ1) is 17.2. The molecule has 0 spiro atoms. The first-order valence-electron chi connectivity index (χ1n) is 7.45. The van der Waals surface area contributed by atoms with Crippen molar-refractivity contribution >= 4 is 28.9 Å². The molecule has 0 atom stereocenters. The number of hydrogen-bond acceptors (Lipinski definition) is 3. The molecule has 0 bridgehead atoms. The van der Waals surface area contributed by atoms with Crippen molar-refractivity contribution in [2.75, 3.05) is 17.7 Å². The van der Waals surface area contributed by atoms with Crippen LogP contribution in [0.4, 0.5) is 11.4 Å². The number of hydrogen-bond donors (Lipinski definition) is 2. The summed E-state index contributed by atoms with van der Waals surface area (Å²) >= 11 is 6.04. The summed E-state index contributed by atoms with van der Waals surface area (Å²) in [4.78, 5) is 12.0. The second kappa shape index (κ2) is 7.38. The number of carbonyl (C=O) groups excluding carboxylic acids is 1. The normalized spacial score (nSPS) is 10.7. The van der Waals surface area contributed by atoms with E-state index in [0.717, 1.165) is 5.56 Å². The van der Waals surface area contributed by atoms with Crippen molar-refractivity contribution in [2.45, 2.75) is 26.7 Å². The summed E-state index contributed by atoms with van der Waals surface area (Å²) in [5, 5.41) is 3.26. The molecule has 4 nitrogen and oxygen atoms in total. The lowest BCUT2D eigenvalue weighted by Gasteiger charge is -2.11. The largest absolute Gasteiger partial charge is 0.484 e. The molecule has 0 saturated heterocycles. The zero-order valence-corrected chi connectivity index (χ0v) is 14.3. The number of ether oxygens (including phenoxy) is 1. The van der Waals surface area contributed by atoms with Crippen molar-refractivity contribution < 1.29 is 9.53 Å². The average molecular weight is 333 g/mol. The summed E-state index contributed by atoms with van der Waals surface area (Å²) < 4.78 is 5.48. The zero-order valence-electron chi connectivity index (χ0n) is 13.5. The van der Waals surface area contributed by atoms with E-state index < -0.39 is 0 Å². The molecule has 2 aromatic rings. The molecule has 3 N–H and O–H groups in total. The van der Waals surface area contributed by atoms with Crippen LogP contribution in [-0.4, -0.2) is 12.5 Å². The van der Waals surface area contributed by atoms with Gasteiger partial charge >= 0.3 is 0 Å². The van der Waals surface area contributed by atoms with E-state index in [0.29, 0.717) is 28.1 Å². The molecule has 0 radical (unpaired) electrons. The topological polar surface area (TPSA) is 64.3 Å². The van der Waals surface area contributed by atoms with E-state index in [1.54, 1.807) is 12.1 Å². The van der Waals surface area contributed by atoms with Crippen LogP contribution in [0.2, 0.25) is 5.02 Å². The van der Waals surface area contributed by atoms with Crippen molar-refractivity contribution in [1.29, 1.82) is 0 Å². The van der Waals surface area contributed by atoms with Gasteiger partial charge in [0.05, 0.1) is 11.4 Å². The summed E-state index contributed by atoms with van der Waals surface area (Å²) in [6.45, 7) is 6.01. The van der Waals surface area contributed by atoms with Crippen molar-refractivity contribution in [3.05, 3.63) is 52.5 Å². The number of benzene rings is 2. The Morgan fingerprint density at radius 1 is 1.26 bits per heavy atom. The highest BCUT2D eigenvalue weighted by molar-refractivity contribution is 6.31. The number of amides is 1. The monoisotopic (exact) mass is 332 g/mol. The highest BCUT2D eigenvalue weighted by Crippen LogP contribution is 2.26. The Balaban J connectivity index is 1.94. The molecule has 5 heteroatoms. The van der Waals surface area contributed by atoms with Crippen molar-refractivity contribution in [3.8, 4) is 5.75 Å². The second-order valence-corrected chi connectivity index (χ2v) is 6.16. The third-order valence-electron chi connectivity index (χ3n) is 3.52. The van der Waals surface area contributed by atoms with Gasteiger partial charge in [0.2, 0.25) is 0 Å². The van der Waals surface area contributed by atoms with Crippen LogP contribution in [0.25, 0.3) is 0 Å². The van der Waals surface area contributed by atoms with Gasteiger partial charge in [0, 0.05) is 5.02 Å². The summed E-state index contributed by atoms with van der Waals surface area (Å²) in [6.07, 6.45) is 0. The molecule has 0 fully saturated rings. The average Bonchev–Trinajstić information content (AvgIpc) is 2.51. The predicted molar refractivity (Wildman–Crippen MR) is 95.3 cm³/mol. The number of rotatable bonds is 5. The molecule has 0 aliphatic carbocycles. The summed E-state index contributed by atoms with van der Waals surface area (Å²) in [7, 11) is 0. The van der Waals surface area contributed by atoms with Gasteiger partial charge in [-0.25, -0.2) is 0 Å². The van der Waals surface area contributed by atoms with Crippen LogP contribution in [0.5, 0.6) is 5.75 Å². The Labute approximate surface area is 141 Å². The third-order valence-corrected chi connectivity index (χ3v) is 3.93. The first-order chi connectivity index (χ1) is 10.9. The molecule has 0 saturated carbocycles. The van der Waals surface area contributed by atoms with Gasteiger partial charge < -0.3 is 15.8 Å². The van der Waals surface area contributed by atoms with Gasteiger partial charge in [0.25, 0.3) is 5.91 Å². The summed E-state index contributed by atoms with van der Waals surface area (Å²) in [6, 6.07) is 11.1. The quantitative estimate of drug-likeness (QED) is 0.799. The standard InChI is InChI=1S/C18H21ClN2O2/c1-11(2)13-4-6-14(7-5-13)23-10-18(22)21-17-9-15(19)12(3)8-16(17)20/h4-9,11H,10,20H2,1-3H3,(H,21,22). The highest BCUT2D eigenvalue weighted by atomic mass is 35.5. The van der Waals surface area contributed by atoms with E-state index in [4.69, 9.17) is 22.1 Å². The van der Waals surface area contributed by atoms with Crippen LogP contribution < -0.4 is 15.8 Å². The predicted octanol–water partition coefficient (Wildman–Crippen LogP) is 4.37. The maximum atomic E-state index is 12.0. The molecule has 0 unspecified atom stereocenters. The lowest BCUT2D eigenvalue weighted by atomic mass is 10.0. The molecular formula is C18H21ClN2O2. The van der Waals surface area contributed by atoms with E-state index in [9.17, 15) is 4.79 Å². The third kappa shape index (κ3) is 4.63. The number of aryl methyl sites for hydroxylation is 1. The zero-order chi connectivity index (χ0) is 17.0. The van der Waals surface area contributed by atoms with E-state index >= 15 is 0 Å². The Hall–Kier alpha value is -2.20. The minimum Gasteiger partial charge on any atom is -0.484 e. The number of nitrogens with two attached hydrogens (primary N) is 1.